The van der Waals surface area contributed by atoms with Crippen molar-refractivity contribution in [2.24, 2.45) is 0 Å². The molecule has 1 N–H and O–H groups in total. The molecule has 39 heavy (non-hydrogen) atoms. The third-order valence-electron chi connectivity index (χ3n) is 7.64. The van der Waals surface area contributed by atoms with Crippen LogP contribution in [0.15, 0.2) is 53.4 Å². The number of rotatable bonds is 8. The van der Waals surface area contributed by atoms with Gasteiger partial charge in [-0.2, -0.15) is 13.2 Å². The van der Waals surface area contributed by atoms with Crippen molar-refractivity contribution in [3.8, 4) is 0 Å². The van der Waals surface area contributed by atoms with Gasteiger partial charge in [0.1, 0.15) is 0 Å². The second kappa shape index (κ2) is 12.9. The minimum absolute atomic E-state index is 0.0924. The Balaban J connectivity index is 1.10. The van der Waals surface area contributed by atoms with E-state index in [-0.39, 0.29) is 34.0 Å². The number of nitrogens with one attached hydrogen (secondary N) is 1. The molecule has 2 fully saturated rings. The molecule has 214 valence electrons. The first kappa shape index (κ1) is 29.6. The van der Waals surface area contributed by atoms with E-state index in [2.05, 4.69) is 65.1 Å². The number of hydrogen-bond acceptors (Lipinski definition) is 5. The Hall–Kier alpha value is -2.39. The van der Waals surface area contributed by atoms with Gasteiger partial charge in [-0.1, -0.05) is 32.9 Å². The minimum Gasteiger partial charge on any atom is -0.371 e. The minimum atomic E-state index is -4.27. The summed E-state index contributed by atoms with van der Waals surface area (Å²) in [7, 11) is 0. The molecule has 0 radical (unpaired) electrons. The maximum atomic E-state index is 12.5. The molecule has 0 saturated carbocycles. The lowest BCUT2D eigenvalue weighted by Gasteiger charge is -2.36. The highest BCUT2D eigenvalue weighted by Gasteiger charge is 2.29. The molecule has 2 aliphatic heterocycles. The summed E-state index contributed by atoms with van der Waals surface area (Å²) in [5.74, 6) is 0.111. The van der Waals surface area contributed by atoms with Crippen LogP contribution >= 0.6 is 11.8 Å². The van der Waals surface area contributed by atoms with E-state index in [0.717, 1.165) is 70.8 Å². The quantitative estimate of drug-likeness (QED) is 0.383. The van der Waals surface area contributed by atoms with Gasteiger partial charge in [0, 0.05) is 68.0 Å². The normalized spacial score (nSPS) is 17.9. The molecule has 0 bridgehead atoms. The zero-order valence-electron chi connectivity index (χ0n) is 23.3. The summed E-state index contributed by atoms with van der Waals surface area (Å²) in [5.41, 5.74) is -0.547. The molecular weight excluding hydrogens is 521 g/mol. The van der Waals surface area contributed by atoms with E-state index < -0.39 is 5.51 Å². The van der Waals surface area contributed by atoms with Gasteiger partial charge in [0.2, 0.25) is 5.91 Å². The molecule has 2 saturated heterocycles. The Bertz CT molecular complexity index is 1050. The van der Waals surface area contributed by atoms with Crippen molar-refractivity contribution in [3.63, 3.8) is 0 Å². The van der Waals surface area contributed by atoms with Gasteiger partial charge in [0.25, 0.3) is 0 Å². The first-order valence-corrected chi connectivity index (χ1v) is 14.8. The second-order valence-corrected chi connectivity index (χ2v) is 12.7. The van der Waals surface area contributed by atoms with Crippen molar-refractivity contribution in [2.45, 2.75) is 68.3 Å². The fraction of sp³-hybridized carbons (Fsp3) is 0.567. The molecule has 2 heterocycles. The molecule has 0 unspecified atom stereocenters. The Morgan fingerprint density at radius 2 is 1.38 bits per heavy atom. The highest BCUT2D eigenvalue weighted by molar-refractivity contribution is 8.00. The number of piperazine rings is 1. The van der Waals surface area contributed by atoms with Gasteiger partial charge in [-0.05, 0) is 84.9 Å². The molecule has 4 rings (SSSR count). The smallest absolute Gasteiger partial charge is 0.371 e. The van der Waals surface area contributed by atoms with E-state index in [0.29, 0.717) is 6.42 Å². The van der Waals surface area contributed by atoms with E-state index in [1.807, 2.05) is 0 Å². The van der Waals surface area contributed by atoms with Crippen LogP contribution in [0.2, 0.25) is 0 Å². The van der Waals surface area contributed by atoms with Crippen molar-refractivity contribution < 1.29 is 18.0 Å². The fourth-order valence-corrected chi connectivity index (χ4v) is 5.85. The number of carbonyl (C=O) groups excluding carboxylic acids is 1. The van der Waals surface area contributed by atoms with Gasteiger partial charge in [-0.15, -0.1) is 0 Å². The number of alkyl halides is 3. The highest BCUT2D eigenvalue weighted by atomic mass is 32.2. The van der Waals surface area contributed by atoms with Crippen LogP contribution in [-0.4, -0.2) is 68.2 Å². The van der Waals surface area contributed by atoms with Crippen molar-refractivity contribution in [3.05, 3.63) is 54.1 Å². The molecule has 2 aromatic carbocycles. The lowest BCUT2D eigenvalue weighted by atomic mass is 9.87. The number of anilines is 2. The monoisotopic (exact) mass is 562 g/mol. The molecule has 0 aliphatic carbocycles. The van der Waals surface area contributed by atoms with E-state index in [1.54, 1.807) is 12.1 Å². The van der Waals surface area contributed by atoms with Crippen molar-refractivity contribution >= 4 is 29.0 Å². The summed E-state index contributed by atoms with van der Waals surface area (Å²) in [6.07, 6.45) is 3.06. The van der Waals surface area contributed by atoms with Crippen molar-refractivity contribution in [2.75, 3.05) is 55.6 Å². The molecule has 0 aromatic heterocycles. The zero-order chi connectivity index (χ0) is 28.0. The lowest BCUT2D eigenvalue weighted by molar-refractivity contribution is -0.122. The standard InChI is InChI=1S/C30H41F3N4OS/c1-29(2,3)23-6-8-25(9-7-23)37-21-19-35(20-22-37)16-4-5-28(38)34-24-14-17-36(18-15-24)26-10-12-27(13-11-26)39-30(31,32)33/h6-13,24H,4-5,14-22H2,1-3H3,(H,34,38). The molecule has 2 aromatic rings. The van der Waals surface area contributed by atoms with E-state index in [1.165, 1.54) is 23.4 Å². The van der Waals surface area contributed by atoms with Gasteiger partial charge in [0.05, 0.1) is 0 Å². The topological polar surface area (TPSA) is 38.8 Å². The Morgan fingerprint density at radius 3 is 1.92 bits per heavy atom. The van der Waals surface area contributed by atoms with Crippen LogP contribution < -0.4 is 15.1 Å². The highest BCUT2D eigenvalue weighted by Crippen LogP contribution is 2.37. The summed E-state index contributed by atoms with van der Waals surface area (Å²) in [4.78, 5) is 19.8. The maximum absolute atomic E-state index is 12.5. The fourth-order valence-electron chi connectivity index (χ4n) is 5.31. The first-order valence-electron chi connectivity index (χ1n) is 13.9. The SMILES string of the molecule is CC(C)(C)c1ccc(N2CCN(CCCC(=O)NC3CCN(c4ccc(SC(F)(F)F)cc4)CC3)CC2)cc1. The predicted molar refractivity (Wildman–Crippen MR) is 155 cm³/mol. The number of hydrogen-bond donors (Lipinski definition) is 1. The number of thioether (sulfide) groups is 1. The summed E-state index contributed by atoms with van der Waals surface area (Å²) >= 11 is -0.0924. The Labute approximate surface area is 235 Å². The number of nitrogens with zero attached hydrogens (tertiary/aromatic N) is 3. The van der Waals surface area contributed by atoms with Crippen LogP contribution in [0.1, 0.15) is 52.0 Å². The molecule has 0 spiro atoms. The molecule has 0 atom stereocenters. The summed E-state index contributed by atoms with van der Waals surface area (Å²) in [6.45, 7) is 13.2. The van der Waals surface area contributed by atoms with Crippen LogP contribution in [0.25, 0.3) is 0 Å². The Morgan fingerprint density at radius 1 is 0.846 bits per heavy atom. The summed E-state index contributed by atoms with van der Waals surface area (Å²) in [6, 6.07) is 15.6. The molecule has 1 amide bonds. The van der Waals surface area contributed by atoms with Crippen molar-refractivity contribution in [1.82, 2.24) is 10.2 Å². The third kappa shape index (κ3) is 9.07. The first-order chi connectivity index (χ1) is 18.5. The van der Waals surface area contributed by atoms with Gasteiger partial charge < -0.3 is 15.1 Å². The van der Waals surface area contributed by atoms with Gasteiger partial charge >= 0.3 is 5.51 Å². The van der Waals surface area contributed by atoms with E-state index in [4.69, 9.17) is 0 Å². The molecular formula is C30H41F3N4OS. The lowest BCUT2D eigenvalue weighted by Crippen LogP contribution is -2.47. The van der Waals surface area contributed by atoms with Crippen LogP contribution in [-0.2, 0) is 10.2 Å². The number of carbonyl (C=O) groups is 1. The second-order valence-electron chi connectivity index (χ2n) is 11.6. The number of benzene rings is 2. The van der Waals surface area contributed by atoms with E-state index >= 15 is 0 Å². The number of piperidine rings is 1. The average molecular weight is 563 g/mol. The Kier molecular flexibility index (Phi) is 9.75. The number of amides is 1. The van der Waals surface area contributed by atoms with E-state index in [9.17, 15) is 18.0 Å². The van der Waals surface area contributed by atoms with Gasteiger partial charge in [-0.3, -0.25) is 9.69 Å². The predicted octanol–water partition coefficient (Wildman–Crippen LogP) is 6.28. The van der Waals surface area contributed by atoms with Crippen molar-refractivity contribution in [1.29, 1.82) is 0 Å². The zero-order valence-corrected chi connectivity index (χ0v) is 24.1. The number of halogens is 3. The average Bonchev–Trinajstić information content (AvgIpc) is 2.89. The van der Waals surface area contributed by atoms with Crippen LogP contribution in [0.3, 0.4) is 0 Å². The molecule has 2 aliphatic rings. The third-order valence-corrected chi connectivity index (χ3v) is 8.38. The summed E-state index contributed by atoms with van der Waals surface area (Å²) < 4.78 is 37.6. The maximum Gasteiger partial charge on any atom is 0.446 e. The largest absolute Gasteiger partial charge is 0.446 e. The van der Waals surface area contributed by atoms with Gasteiger partial charge in [-0.25, -0.2) is 0 Å². The van der Waals surface area contributed by atoms with Gasteiger partial charge in [0.15, 0.2) is 0 Å². The molecule has 9 heteroatoms. The van der Waals surface area contributed by atoms with Crippen LogP contribution in [0.5, 0.6) is 0 Å². The molecule has 5 nitrogen and oxygen atoms in total. The van der Waals surface area contributed by atoms with Crippen LogP contribution in [0.4, 0.5) is 24.5 Å². The summed E-state index contributed by atoms with van der Waals surface area (Å²) in [5, 5.41) is 3.19. The van der Waals surface area contributed by atoms with Crippen LogP contribution in [0, 0.1) is 0 Å².